The van der Waals surface area contributed by atoms with Gasteiger partial charge in [-0.15, -0.1) is 11.3 Å². The van der Waals surface area contributed by atoms with Gasteiger partial charge in [0, 0.05) is 17.7 Å². The van der Waals surface area contributed by atoms with Crippen molar-refractivity contribution >= 4 is 23.2 Å². The van der Waals surface area contributed by atoms with Crippen LogP contribution in [0.1, 0.15) is 25.7 Å². The predicted octanol–water partition coefficient (Wildman–Crippen LogP) is 2.25. The van der Waals surface area contributed by atoms with Crippen molar-refractivity contribution in [1.29, 1.82) is 0 Å². The van der Waals surface area contributed by atoms with E-state index in [4.69, 9.17) is 4.74 Å². The Hall–Kier alpha value is -2.18. The van der Waals surface area contributed by atoms with Crippen LogP contribution in [0.5, 0.6) is 0 Å². The van der Waals surface area contributed by atoms with Gasteiger partial charge in [-0.3, -0.25) is 4.79 Å². The lowest BCUT2D eigenvalue weighted by atomic mass is 10.1. The number of ether oxygens (including phenoxy) is 1. The van der Waals surface area contributed by atoms with Crippen molar-refractivity contribution in [2.75, 3.05) is 6.61 Å². The van der Waals surface area contributed by atoms with Gasteiger partial charge in [0.1, 0.15) is 6.04 Å². The highest BCUT2D eigenvalue weighted by atomic mass is 32.1. The van der Waals surface area contributed by atoms with Gasteiger partial charge in [0.25, 0.3) is 5.91 Å². The fraction of sp³-hybridized carbons (Fsp3) is 0.294. The number of carbonyl (C=O) groups is 2. The Bertz CT molecular complexity index is 687. The van der Waals surface area contributed by atoms with Gasteiger partial charge in [-0.05, 0) is 17.2 Å². The molecule has 23 heavy (non-hydrogen) atoms. The number of hydrogen-bond donors (Lipinski definition) is 2. The standard InChI is InChI=1S/C17H17NO4S/c19-16(15-9-12-10-22-7-6-14(12)23-15)18-13(17(20)21)8-11-4-2-1-3-5-11/h1-5,9,13H,6-8,10H2,(H,18,19)(H,20,21)/t13-/m1/s1. The van der Waals surface area contributed by atoms with Gasteiger partial charge in [0.2, 0.25) is 0 Å². The molecule has 120 valence electrons. The van der Waals surface area contributed by atoms with Crippen LogP contribution in [0.3, 0.4) is 0 Å². The zero-order valence-electron chi connectivity index (χ0n) is 12.5. The molecule has 3 rings (SSSR count). The summed E-state index contributed by atoms with van der Waals surface area (Å²) in [6.45, 7) is 1.19. The molecular weight excluding hydrogens is 314 g/mol. The Morgan fingerprint density at radius 3 is 2.78 bits per heavy atom. The number of nitrogens with one attached hydrogen (secondary N) is 1. The molecule has 2 N–H and O–H groups in total. The van der Waals surface area contributed by atoms with E-state index in [0.29, 0.717) is 18.1 Å². The van der Waals surface area contributed by atoms with E-state index in [2.05, 4.69) is 5.32 Å². The average Bonchev–Trinajstić information content (AvgIpc) is 2.99. The summed E-state index contributed by atoms with van der Waals surface area (Å²) < 4.78 is 5.37. The Balaban J connectivity index is 1.71. The summed E-state index contributed by atoms with van der Waals surface area (Å²) in [4.78, 5) is 25.5. The number of fused-ring (bicyclic) bond motifs is 1. The van der Waals surface area contributed by atoms with E-state index in [1.165, 1.54) is 11.3 Å². The molecule has 1 aliphatic rings. The summed E-state index contributed by atoms with van der Waals surface area (Å²) in [7, 11) is 0. The Morgan fingerprint density at radius 1 is 1.30 bits per heavy atom. The van der Waals surface area contributed by atoms with Crippen molar-refractivity contribution in [3.8, 4) is 0 Å². The van der Waals surface area contributed by atoms with Crippen molar-refractivity contribution in [3.05, 3.63) is 57.3 Å². The molecule has 0 saturated carbocycles. The van der Waals surface area contributed by atoms with Crippen LogP contribution in [0.4, 0.5) is 0 Å². The second-order valence-electron chi connectivity index (χ2n) is 5.42. The summed E-state index contributed by atoms with van der Waals surface area (Å²) in [5.41, 5.74) is 1.90. The minimum absolute atomic E-state index is 0.260. The fourth-order valence-electron chi connectivity index (χ4n) is 2.54. The number of carboxylic acids is 1. The van der Waals surface area contributed by atoms with Crippen molar-refractivity contribution in [2.45, 2.75) is 25.5 Å². The molecule has 2 heterocycles. The van der Waals surface area contributed by atoms with Gasteiger partial charge in [0.05, 0.1) is 18.1 Å². The number of rotatable bonds is 5. The van der Waals surface area contributed by atoms with Gasteiger partial charge < -0.3 is 15.2 Å². The molecule has 1 aromatic carbocycles. The highest BCUT2D eigenvalue weighted by molar-refractivity contribution is 7.14. The van der Waals surface area contributed by atoms with E-state index in [1.807, 2.05) is 30.3 Å². The van der Waals surface area contributed by atoms with Gasteiger partial charge in [-0.25, -0.2) is 4.79 Å². The van der Waals surface area contributed by atoms with E-state index >= 15 is 0 Å². The van der Waals surface area contributed by atoms with Gasteiger partial charge in [-0.1, -0.05) is 30.3 Å². The number of amides is 1. The normalized spacial score (nSPS) is 14.8. The van der Waals surface area contributed by atoms with Crippen molar-refractivity contribution in [3.63, 3.8) is 0 Å². The summed E-state index contributed by atoms with van der Waals surface area (Å²) in [6.07, 6.45) is 1.07. The molecule has 0 spiro atoms. The zero-order chi connectivity index (χ0) is 16.2. The van der Waals surface area contributed by atoms with Crippen LogP contribution < -0.4 is 5.32 Å². The number of benzene rings is 1. The van der Waals surface area contributed by atoms with Crippen molar-refractivity contribution in [1.82, 2.24) is 5.32 Å². The van der Waals surface area contributed by atoms with Crippen molar-refractivity contribution < 1.29 is 19.4 Å². The molecule has 1 aliphatic heterocycles. The van der Waals surface area contributed by atoms with Gasteiger partial charge in [0.15, 0.2) is 0 Å². The third-order valence-corrected chi connectivity index (χ3v) is 4.97. The van der Waals surface area contributed by atoms with E-state index < -0.39 is 12.0 Å². The summed E-state index contributed by atoms with van der Waals surface area (Å²) in [6, 6.07) is 10.1. The van der Waals surface area contributed by atoms with Crippen molar-refractivity contribution in [2.24, 2.45) is 0 Å². The number of hydrogen-bond acceptors (Lipinski definition) is 4. The fourth-order valence-corrected chi connectivity index (χ4v) is 3.59. The first kappa shape index (κ1) is 15.7. The van der Waals surface area contributed by atoms with Crippen LogP contribution in [0.25, 0.3) is 0 Å². The first-order valence-electron chi connectivity index (χ1n) is 7.40. The topological polar surface area (TPSA) is 75.6 Å². The second kappa shape index (κ2) is 6.93. The van der Waals surface area contributed by atoms with Crippen LogP contribution in [-0.4, -0.2) is 29.6 Å². The Morgan fingerprint density at radius 2 is 2.09 bits per heavy atom. The molecule has 0 saturated heterocycles. The molecular formula is C17H17NO4S. The zero-order valence-corrected chi connectivity index (χ0v) is 13.3. The number of carboxylic acid groups (broad SMARTS) is 1. The van der Waals surface area contributed by atoms with E-state index in [1.54, 1.807) is 6.07 Å². The summed E-state index contributed by atoms with van der Waals surface area (Å²) in [5, 5.41) is 12.0. The molecule has 1 aromatic heterocycles. The quantitative estimate of drug-likeness (QED) is 0.881. The lowest BCUT2D eigenvalue weighted by molar-refractivity contribution is -0.139. The first-order chi connectivity index (χ1) is 11.1. The van der Waals surface area contributed by atoms with E-state index in [0.717, 1.165) is 22.4 Å². The van der Waals surface area contributed by atoms with E-state index in [-0.39, 0.29) is 12.3 Å². The monoisotopic (exact) mass is 331 g/mol. The number of aliphatic carboxylic acids is 1. The molecule has 5 nitrogen and oxygen atoms in total. The molecule has 6 heteroatoms. The number of thiophene rings is 1. The average molecular weight is 331 g/mol. The van der Waals surface area contributed by atoms with Crippen LogP contribution in [-0.2, 0) is 29.0 Å². The molecule has 0 aliphatic carbocycles. The molecule has 1 amide bonds. The predicted molar refractivity (Wildman–Crippen MR) is 86.7 cm³/mol. The highest BCUT2D eigenvalue weighted by Crippen LogP contribution is 2.27. The molecule has 0 radical (unpaired) electrons. The molecule has 0 fully saturated rings. The minimum Gasteiger partial charge on any atom is -0.480 e. The number of carbonyl (C=O) groups excluding carboxylic acids is 1. The maximum atomic E-state index is 12.4. The van der Waals surface area contributed by atoms with Crippen LogP contribution in [0.15, 0.2) is 36.4 Å². The second-order valence-corrected chi connectivity index (χ2v) is 6.55. The highest BCUT2D eigenvalue weighted by Gasteiger charge is 2.23. The van der Waals surface area contributed by atoms with Crippen LogP contribution in [0, 0.1) is 0 Å². The SMILES string of the molecule is O=C(N[C@H](Cc1ccccc1)C(=O)O)c1cc2c(s1)CCOC2. The van der Waals surface area contributed by atoms with E-state index in [9.17, 15) is 14.7 Å². The lowest BCUT2D eigenvalue weighted by Crippen LogP contribution is -2.42. The molecule has 2 aromatic rings. The molecule has 0 unspecified atom stereocenters. The lowest BCUT2D eigenvalue weighted by Gasteiger charge is -2.14. The van der Waals surface area contributed by atoms with Gasteiger partial charge >= 0.3 is 5.97 Å². The van der Waals surface area contributed by atoms with Crippen LogP contribution >= 0.6 is 11.3 Å². The summed E-state index contributed by atoms with van der Waals surface area (Å²) in [5.74, 6) is -1.38. The third-order valence-electron chi connectivity index (χ3n) is 3.74. The maximum absolute atomic E-state index is 12.4. The third kappa shape index (κ3) is 3.78. The van der Waals surface area contributed by atoms with Crippen LogP contribution in [0.2, 0.25) is 0 Å². The minimum atomic E-state index is -1.04. The smallest absolute Gasteiger partial charge is 0.326 e. The molecule has 0 bridgehead atoms. The molecule has 1 atom stereocenters. The van der Waals surface area contributed by atoms with Gasteiger partial charge in [-0.2, -0.15) is 0 Å². The first-order valence-corrected chi connectivity index (χ1v) is 8.22. The Kier molecular flexibility index (Phi) is 4.73. The summed E-state index contributed by atoms with van der Waals surface area (Å²) >= 11 is 1.42. The maximum Gasteiger partial charge on any atom is 0.326 e. The largest absolute Gasteiger partial charge is 0.480 e. The Labute approximate surface area is 137 Å².